The molecule has 0 saturated carbocycles. The summed E-state index contributed by atoms with van der Waals surface area (Å²) in [5.74, 6) is -0.512. The molecule has 6 nitrogen and oxygen atoms in total. The molecule has 0 aromatic rings. The Morgan fingerprint density at radius 1 is 1.29 bits per heavy atom. The van der Waals surface area contributed by atoms with Gasteiger partial charge in [0, 0.05) is 7.05 Å². The Balaban J connectivity index is 4.34. The number of rotatable bonds is 5. The van der Waals surface area contributed by atoms with Crippen molar-refractivity contribution in [2.45, 2.75) is 39.7 Å². The number of hydrogen-bond donors (Lipinski definition) is 0. The molecule has 0 unspecified atom stereocenters. The fourth-order valence-electron chi connectivity index (χ4n) is 0.877. The second-order valence-corrected chi connectivity index (χ2v) is 6.30. The van der Waals surface area contributed by atoms with E-state index >= 15 is 0 Å². The van der Waals surface area contributed by atoms with E-state index in [1.54, 1.807) is 27.7 Å². The van der Waals surface area contributed by atoms with Crippen LogP contribution in [0.25, 0.3) is 0 Å². The predicted octanol–water partition coefficient (Wildman–Crippen LogP) is 1.57. The van der Waals surface area contributed by atoms with Crippen molar-refractivity contribution in [1.29, 1.82) is 0 Å². The first kappa shape index (κ1) is 16.2. The lowest BCUT2D eigenvalue weighted by Crippen LogP contribution is -2.37. The molecule has 0 radical (unpaired) electrons. The van der Waals surface area contributed by atoms with Crippen molar-refractivity contribution >= 4 is 16.2 Å². The van der Waals surface area contributed by atoms with E-state index in [1.807, 2.05) is 0 Å². The molecule has 0 spiro atoms. The molecule has 0 aliphatic rings. The van der Waals surface area contributed by atoms with Crippen molar-refractivity contribution < 1.29 is 22.1 Å². The topological polar surface area (TPSA) is 72.9 Å². The van der Waals surface area contributed by atoms with Gasteiger partial charge < -0.3 is 4.74 Å². The van der Waals surface area contributed by atoms with Gasteiger partial charge in [-0.25, -0.2) is 4.79 Å². The van der Waals surface area contributed by atoms with Gasteiger partial charge >= 0.3 is 6.09 Å². The molecular weight excluding hydrogens is 246 g/mol. The third kappa shape index (κ3) is 7.98. The van der Waals surface area contributed by atoms with Gasteiger partial charge in [0.2, 0.25) is 0 Å². The van der Waals surface area contributed by atoms with Crippen LogP contribution in [0.15, 0.2) is 0 Å². The Hall–Kier alpha value is -0.820. The van der Waals surface area contributed by atoms with Crippen LogP contribution in [-0.4, -0.2) is 44.5 Å². The maximum atomic E-state index is 11.5. The fourth-order valence-corrected chi connectivity index (χ4v) is 1.95. The highest BCUT2D eigenvalue weighted by atomic mass is 32.2. The average Bonchev–Trinajstić information content (AvgIpc) is 2.11. The number of ether oxygens (including phenoxy) is 1. The van der Waals surface area contributed by atoms with Gasteiger partial charge in [-0.1, -0.05) is 6.92 Å². The molecule has 1 amide bonds. The Labute approximate surface area is 103 Å². The van der Waals surface area contributed by atoms with Gasteiger partial charge in [0.05, 0.1) is 6.61 Å². The summed E-state index contributed by atoms with van der Waals surface area (Å²) in [4.78, 5) is 12.5. The molecule has 0 aliphatic carbocycles. The smallest absolute Gasteiger partial charge is 0.410 e. The molecule has 0 atom stereocenters. The zero-order valence-corrected chi connectivity index (χ0v) is 11.8. The van der Waals surface area contributed by atoms with Crippen LogP contribution >= 0.6 is 0 Å². The van der Waals surface area contributed by atoms with Crippen LogP contribution in [0, 0.1) is 0 Å². The van der Waals surface area contributed by atoms with Crippen LogP contribution in [0.2, 0.25) is 0 Å². The highest BCUT2D eigenvalue weighted by molar-refractivity contribution is 7.86. The molecule has 0 aliphatic heterocycles. The van der Waals surface area contributed by atoms with Crippen molar-refractivity contribution in [3.8, 4) is 0 Å². The summed E-state index contributed by atoms with van der Waals surface area (Å²) in [6.45, 7) is 7.04. The molecule has 102 valence electrons. The zero-order chi connectivity index (χ0) is 13.7. The minimum atomic E-state index is -3.72. The van der Waals surface area contributed by atoms with Gasteiger partial charge in [0.1, 0.15) is 5.60 Å². The monoisotopic (exact) mass is 267 g/mol. The van der Waals surface area contributed by atoms with Crippen LogP contribution < -0.4 is 0 Å². The largest absolute Gasteiger partial charge is 0.444 e. The Kier molecular flexibility index (Phi) is 5.91. The van der Waals surface area contributed by atoms with Crippen LogP contribution in [0.5, 0.6) is 0 Å². The third-order valence-electron chi connectivity index (χ3n) is 1.52. The molecule has 0 aromatic heterocycles. The van der Waals surface area contributed by atoms with Crippen molar-refractivity contribution in [3.63, 3.8) is 0 Å². The molecule has 0 aromatic carbocycles. The van der Waals surface area contributed by atoms with Gasteiger partial charge in [-0.15, -0.1) is 0 Å². The second kappa shape index (κ2) is 6.20. The van der Waals surface area contributed by atoms with Crippen molar-refractivity contribution in [3.05, 3.63) is 0 Å². The SMILES string of the molecule is CCCOS(=O)(=O)CN(C)C(=O)OC(C)(C)C. The average molecular weight is 267 g/mol. The molecule has 0 N–H and O–H groups in total. The van der Waals surface area contributed by atoms with Gasteiger partial charge in [0.25, 0.3) is 10.1 Å². The van der Waals surface area contributed by atoms with Crippen LogP contribution in [0.1, 0.15) is 34.1 Å². The molecule has 7 heteroatoms. The standard InChI is InChI=1S/C10H21NO5S/c1-6-7-15-17(13,14)8-11(5)9(12)16-10(2,3)4/h6-8H2,1-5H3. The van der Waals surface area contributed by atoms with E-state index in [0.717, 1.165) is 4.90 Å². The lowest BCUT2D eigenvalue weighted by molar-refractivity contribution is 0.0322. The van der Waals surface area contributed by atoms with E-state index < -0.39 is 27.7 Å². The molecule has 0 fully saturated rings. The molecular formula is C10H21NO5S. The highest BCUT2D eigenvalue weighted by Gasteiger charge is 2.23. The summed E-state index contributed by atoms with van der Waals surface area (Å²) in [5, 5.41) is 0. The lowest BCUT2D eigenvalue weighted by atomic mass is 10.2. The third-order valence-corrected chi connectivity index (χ3v) is 2.75. The molecule has 0 bridgehead atoms. The predicted molar refractivity (Wildman–Crippen MR) is 64.0 cm³/mol. The Morgan fingerprint density at radius 3 is 2.24 bits per heavy atom. The highest BCUT2D eigenvalue weighted by Crippen LogP contribution is 2.10. The zero-order valence-electron chi connectivity index (χ0n) is 11.0. The van der Waals surface area contributed by atoms with E-state index in [2.05, 4.69) is 4.18 Å². The summed E-state index contributed by atoms with van der Waals surface area (Å²) in [7, 11) is -2.37. The van der Waals surface area contributed by atoms with Crippen LogP contribution in [0.3, 0.4) is 0 Å². The van der Waals surface area contributed by atoms with Crippen LogP contribution in [-0.2, 0) is 19.0 Å². The van der Waals surface area contributed by atoms with E-state index in [0.29, 0.717) is 6.42 Å². The van der Waals surface area contributed by atoms with E-state index in [4.69, 9.17) is 4.74 Å². The molecule has 0 heterocycles. The molecule has 0 rings (SSSR count). The number of nitrogens with zero attached hydrogens (tertiary/aromatic N) is 1. The van der Waals surface area contributed by atoms with E-state index in [-0.39, 0.29) is 6.61 Å². The summed E-state index contributed by atoms with van der Waals surface area (Å²) >= 11 is 0. The minimum absolute atomic E-state index is 0.116. The lowest BCUT2D eigenvalue weighted by Gasteiger charge is -2.24. The normalized spacial score (nSPS) is 12.3. The molecule has 0 saturated heterocycles. The first-order valence-corrected chi connectivity index (χ1v) is 6.96. The summed E-state index contributed by atoms with van der Waals surface area (Å²) in [5.41, 5.74) is -0.653. The second-order valence-electron chi connectivity index (χ2n) is 4.69. The van der Waals surface area contributed by atoms with Gasteiger partial charge in [-0.05, 0) is 27.2 Å². The first-order chi connectivity index (χ1) is 7.57. The van der Waals surface area contributed by atoms with E-state index in [1.165, 1.54) is 7.05 Å². The number of carbonyl (C=O) groups is 1. The summed E-state index contributed by atoms with van der Waals surface area (Å²) in [6, 6.07) is 0. The quantitative estimate of drug-likeness (QED) is 0.707. The maximum absolute atomic E-state index is 11.5. The Morgan fingerprint density at radius 2 is 1.82 bits per heavy atom. The molecule has 17 heavy (non-hydrogen) atoms. The fraction of sp³-hybridized carbons (Fsp3) is 0.900. The van der Waals surface area contributed by atoms with Crippen molar-refractivity contribution in [2.24, 2.45) is 0 Å². The minimum Gasteiger partial charge on any atom is -0.444 e. The van der Waals surface area contributed by atoms with Crippen molar-refractivity contribution in [2.75, 3.05) is 19.5 Å². The van der Waals surface area contributed by atoms with E-state index in [9.17, 15) is 13.2 Å². The van der Waals surface area contributed by atoms with Crippen molar-refractivity contribution in [1.82, 2.24) is 4.90 Å². The van der Waals surface area contributed by atoms with Crippen LogP contribution in [0.4, 0.5) is 4.79 Å². The Bertz CT molecular complexity index is 344. The van der Waals surface area contributed by atoms with Gasteiger partial charge in [-0.3, -0.25) is 9.08 Å². The maximum Gasteiger partial charge on any atom is 0.410 e. The number of carbonyl (C=O) groups excluding carboxylic acids is 1. The summed E-state index contributed by atoms with van der Waals surface area (Å²) in [6.07, 6.45) is -0.101. The van der Waals surface area contributed by atoms with Gasteiger partial charge in [0.15, 0.2) is 5.88 Å². The number of amides is 1. The van der Waals surface area contributed by atoms with Gasteiger partial charge in [-0.2, -0.15) is 8.42 Å². The summed E-state index contributed by atoms with van der Waals surface area (Å²) < 4.78 is 32.5. The first-order valence-electron chi connectivity index (χ1n) is 5.38. The number of hydrogen-bond acceptors (Lipinski definition) is 5.